The molecule has 0 aromatic carbocycles. The molecular formula is C7H10F5NO. The summed E-state index contributed by atoms with van der Waals surface area (Å²) in [6.07, 6.45) is -8.44. The van der Waals surface area contributed by atoms with Crippen LogP contribution in [0.5, 0.6) is 0 Å². The van der Waals surface area contributed by atoms with Crippen LogP contribution in [0.4, 0.5) is 22.0 Å². The number of hydrogen-bond acceptors (Lipinski definition) is 1. The first-order valence-corrected chi connectivity index (χ1v) is 3.95. The molecule has 1 amide bonds. The van der Waals surface area contributed by atoms with Crippen LogP contribution in [0, 0.1) is 0 Å². The number of halogens is 5. The summed E-state index contributed by atoms with van der Waals surface area (Å²) in [5, 5.41) is 1.81. The van der Waals surface area contributed by atoms with Gasteiger partial charge in [0.25, 0.3) is 5.91 Å². The Morgan fingerprint density at radius 3 is 2.21 bits per heavy atom. The van der Waals surface area contributed by atoms with Gasteiger partial charge in [-0.1, -0.05) is 0 Å². The van der Waals surface area contributed by atoms with Gasteiger partial charge in [-0.25, -0.2) is 0 Å². The van der Waals surface area contributed by atoms with E-state index < -0.39 is 24.9 Å². The standard InChI is InChI=1S/C7H10F5NO/c8-5(9)6(14)13-4-2-1-3-7(10,11)12/h5H,1-4H2,(H,13,14). The highest BCUT2D eigenvalue weighted by Crippen LogP contribution is 2.21. The molecule has 14 heavy (non-hydrogen) atoms. The molecule has 0 aliphatic heterocycles. The van der Waals surface area contributed by atoms with Crippen LogP contribution in [0.15, 0.2) is 0 Å². The quantitative estimate of drug-likeness (QED) is 0.556. The molecule has 0 bridgehead atoms. The monoisotopic (exact) mass is 219 g/mol. The molecule has 2 nitrogen and oxygen atoms in total. The van der Waals surface area contributed by atoms with Crippen molar-refractivity contribution >= 4 is 5.91 Å². The van der Waals surface area contributed by atoms with Crippen molar-refractivity contribution in [2.45, 2.75) is 31.9 Å². The second-order valence-electron chi connectivity index (χ2n) is 2.66. The van der Waals surface area contributed by atoms with Crippen molar-refractivity contribution in [2.24, 2.45) is 0 Å². The third-order valence-electron chi connectivity index (χ3n) is 1.38. The zero-order chi connectivity index (χ0) is 11.2. The fourth-order valence-electron chi connectivity index (χ4n) is 0.739. The minimum Gasteiger partial charge on any atom is -0.351 e. The van der Waals surface area contributed by atoms with Gasteiger partial charge in [-0.15, -0.1) is 0 Å². The normalized spacial score (nSPS) is 11.9. The van der Waals surface area contributed by atoms with Crippen LogP contribution in [-0.4, -0.2) is 25.1 Å². The van der Waals surface area contributed by atoms with Gasteiger partial charge in [0.05, 0.1) is 0 Å². The zero-order valence-electron chi connectivity index (χ0n) is 7.20. The third kappa shape index (κ3) is 7.75. The number of hydrogen-bond donors (Lipinski definition) is 1. The highest BCUT2D eigenvalue weighted by molar-refractivity contribution is 5.78. The lowest BCUT2D eigenvalue weighted by Crippen LogP contribution is -2.30. The molecule has 0 unspecified atom stereocenters. The SMILES string of the molecule is O=C(NCCCCC(F)(F)F)C(F)F. The Morgan fingerprint density at radius 1 is 1.21 bits per heavy atom. The van der Waals surface area contributed by atoms with E-state index in [1.54, 1.807) is 0 Å². The molecule has 0 spiro atoms. The maximum Gasteiger partial charge on any atom is 0.389 e. The Kier molecular flexibility index (Phi) is 5.40. The third-order valence-corrected chi connectivity index (χ3v) is 1.38. The molecule has 0 aromatic rings. The van der Waals surface area contributed by atoms with Gasteiger partial charge in [-0.05, 0) is 12.8 Å². The van der Waals surface area contributed by atoms with Gasteiger partial charge in [0.15, 0.2) is 0 Å². The van der Waals surface area contributed by atoms with Gasteiger partial charge in [-0.3, -0.25) is 4.79 Å². The number of carbonyl (C=O) groups is 1. The van der Waals surface area contributed by atoms with E-state index in [2.05, 4.69) is 0 Å². The molecule has 7 heteroatoms. The Morgan fingerprint density at radius 2 is 1.79 bits per heavy atom. The van der Waals surface area contributed by atoms with E-state index in [1.165, 1.54) is 0 Å². The van der Waals surface area contributed by atoms with Crippen molar-refractivity contribution in [1.82, 2.24) is 5.32 Å². The van der Waals surface area contributed by atoms with E-state index in [4.69, 9.17) is 0 Å². The van der Waals surface area contributed by atoms with Gasteiger partial charge < -0.3 is 5.32 Å². The van der Waals surface area contributed by atoms with E-state index in [-0.39, 0.29) is 19.4 Å². The predicted molar refractivity (Wildman–Crippen MR) is 38.9 cm³/mol. The smallest absolute Gasteiger partial charge is 0.351 e. The van der Waals surface area contributed by atoms with Crippen LogP contribution < -0.4 is 5.32 Å². The van der Waals surface area contributed by atoms with Crippen molar-refractivity contribution in [3.63, 3.8) is 0 Å². The maximum absolute atomic E-state index is 11.6. The summed E-state index contributed by atoms with van der Waals surface area (Å²) in [5.74, 6) is -1.45. The van der Waals surface area contributed by atoms with Crippen LogP contribution >= 0.6 is 0 Å². The number of nitrogens with one attached hydrogen (secondary N) is 1. The molecular weight excluding hydrogens is 209 g/mol. The van der Waals surface area contributed by atoms with Crippen molar-refractivity contribution < 1.29 is 26.7 Å². The first-order valence-electron chi connectivity index (χ1n) is 3.95. The maximum atomic E-state index is 11.6. The van der Waals surface area contributed by atoms with Gasteiger partial charge in [0.2, 0.25) is 0 Å². The number of carbonyl (C=O) groups excluding carboxylic acids is 1. The van der Waals surface area contributed by atoms with Gasteiger partial charge >= 0.3 is 12.6 Å². The van der Waals surface area contributed by atoms with Crippen molar-refractivity contribution in [1.29, 1.82) is 0 Å². The summed E-state index contributed by atoms with van der Waals surface area (Å²) in [6.45, 7) is -0.154. The molecule has 0 fully saturated rings. The second-order valence-corrected chi connectivity index (χ2v) is 2.66. The summed E-state index contributed by atoms with van der Waals surface area (Å²) in [7, 11) is 0. The first kappa shape index (κ1) is 13.1. The fourth-order valence-corrected chi connectivity index (χ4v) is 0.739. The summed E-state index contributed by atoms with van der Waals surface area (Å²) < 4.78 is 57.8. The summed E-state index contributed by atoms with van der Waals surface area (Å²) in [4.78, 5) is 10.2. The molecule has 0 saturated heterocycles. The molecule has 0 saturated carbocycles. The molecule has 0 atom stereocenters. The molecule has 1 N–H and O–H groups in total. The Hall–Kier alpha value is -0.880. The Bertz CT molecular complexity index is 179. The molecule has 0 heterocycles. The number of rotatable bonds is 5. The fraction of sp³-hybridized carbons (Fsp3) is 0.857. The second kappa shape index (κ2) is 5.77. The van der Waals surface area contributed by atoms with E-state index in [9.17, 15) is 26.7 Å². The largest absolute Gasteiger partial charge is 0.389 e. The van der Waals surface area contributed by atoms with Gasteiger partial charge in [-0.2, -0.15) is 22.0 Å². The van der Waals surface area contributed by atoms with Crippen molar-refractivity contribution in [3.05, 3.63) is 0 Å². The lowest BCUT2D eigenvalue weighted by atomic mass is 10.2. The summed E-state index contributed by atoms with van der Waals surface area (Å²) >= 11 is 0. The molecule has 0 aromatic heterocycles. The van der Waals surface area contributed by atoms with Crippen LogP contribution in [0.25, 0.3) is 0 Å². The lowest BCUT2D eigenvalue weighted by molar-refractivity contribution is -0.135. The average molecular weight is 219 g/mol. The van der Waals surface area contributed by atoms with Crippen LogP contribution in [0.2, 0.25) is 0 Å². The topological polar surface area (TPSA) is 29.1 Å². The zero-order valence-corrected chi connectivity index (χ0v) is 7.20. The number of unbranched alkanes of at least 4 members (excludes halogenated alkanes) is 1. The molecule has 0 radical (unpaired) electrons. The molecule has 0 rings (SSSR count). The van der Waals surface area contributed by atoms with Gasteiger partial charge in [0, 0.05) is 13.0 Å². The highest BCUT2D eigenvalue weighted by atomic mass is 19.4. The minimum absolute atomic E-state index is 0.0397. The summed E-state index contributed by atoms with van der Waals surface area (Å²) in [6, 6.07) is 0. The Balaban J connectivity index is 3.35. The highest BCUT2D eigenvalue weighted by Gasteiger charge is 2.25. The van der Waals surface area contributed by atoms with Crippen molar-refractivity contribution in [2.75, 3.05) is 6.54 Å². The van der Waals surface area contributed by atoms with E-state index >= 15 is 0 Å². The number of amides is 1. The lowest BCUT2D eigenvalue weighted by Gasteiger charge is -2.06. The van der Waals surface area contributed by atoms with Crippen LogP contribution in [-0.2, 0) is 4.79 Å². The first-order chi connectivity index (χ1) is 6.33. The molecule has 0 aliphatic carbocycles. The van der Waals surface area contributed by atoms with E-state index in [0.29, 0.717) is 0 Å². The van der Waals surface area contributed by atoms with Crippen molar-refractivity contribution in [3.8, 4) is 0 Å². The van der Waals surface area contributed by atoms with E-state index in [1.807, 2.05) is 5.32 Å². The Labute approximate surface area is 77.5 Å². The van der Waals surface area contributed by atoms with Gasteiger partial charge in [0.1, 0.15) is 0 Å². The number of alkyl halides is 5. The van der Waals surface area contributed by atoms with E-state index in [0.717, 1.165) is 0 Å². The van der Waals surface area contributed by atoms with Crippen LogP contribution in [0.1, 0.15) is 19.3 Å². The average Bonchev–Trinajstić information content (AvgIpc) is 2.01. The molecule has 0 aliphatic rings. The summed E-state index contributed by atoms with van der Waals surface area (Å²) in [5.41, 5.74) is 0. The predicted octanol–water partition coefficient (Wildman–Crippen LogP) is 2.10. The molecule has 84 valence electrons. The van der Waals surface area contributed by atoms with Crippen LogP contribution in [0.3, 0.4) is 0 Å². The minimum atomic E-state index is -4.23.